The van der Waals surface area contributed by atoms with E-state index in [-0.39, 0.29) is 10.7 Å². The number of morpholine rings is 1. The molecule has 0 unspecified atom stereocenters. The van der Waals surface area contributed by atoms with Gasteiger partial charge in [-0.1, -0.05) is 12.1 Å². The topological polar surface area (TPSA) is 75.0 Å². The molecule has 7 nitrogen and oxygen atoms in total. The maximum absolute atomic E-state index is 13.0. The van der Waals surface area contributed by atoms with E-state index in [0.717, 1.165) is 18.7 Å². The van der Waals surface area contributed by atoms with Crippen LogP contribution < -0.4 is 15.1 Å². The highest BCUT2D eigenvalue weighted by molar-refractivity contribution is 7.80. The molecule has 4 rings (SSSR count). The summed E-state index contributed by atoms with van der Waals surface area (Å²) in [6.07, 6.45) is 1.45. The number of aryl methyl sites for hydroxylation is 1. The number of carbonyl (C=O) groups excluding carboxylic acids is 2. The summed E-state index contributed by atoms with van der Waals surface area (Å²) < 4.78 is 11.2. The minimum atomic E-state index is -0.539. The minimum Gasteiger partial charge on any atom is -0.441 e. The largest absolute Gasteiger partial charge is 0.441 e. The molecule has 1 aromatic carbocycles. The average molecular weight is 397 g/mol. The predicted octanol–water partition coefficient (Wildman–Crippen LogP) is 2.26. The van der Waals surface area contributed by atoms with E-state index in [9.17, 15) is 9.59 Å². The molecule has 0 aliphatic carbocycles. The Bertz CT molecular complexity index is 975. The van der Waals surface area contributed by atoms with Gasteiger partial charge in [0.05, 0.1) is 18.9 Å². The van der Waals surface area contributed by atoms with Crippen LogP contribution in [0, 0.1) is 6.92 Å². The molecule has 1 aromatic heterocycles. The van der Waals surface area contributed by atoms with Crippen LogP contribution in [0.3, 0.4) is 0 Å². The quantitative estimate of drug-likeness (QED) is 0.487. The fourth-order valence-electron chi connectivity index (χ4n) is 3.17. The Kier molecular flexibility index (Phi) is 4.97. The monoisotopic (exact) mass is 397 g/mol. The van der Waals surface area contributed by atoms with E-state index in [2.05, 4.69) is 10.2 Å². The van der Waals surface area contributed by atoms with E-state index in [1.54, 1.807) is 12.1 Å². The van der Waals surface area contributed by atoms with Crippen LogP contribution in [0.1, 0.15) is 11.3 Å². The van der Waals surface area contributed by atoms with Crippen LogP contribution in [-0.2, 0) is 14.3 Å². The molecule has 2 amide bonds. The number of nitrogens with zero attached hydrogens (tertiary/aromatic N) is 2. The number of nitrogens with one attached hydrogen (secondary N) is 1. The number of hydrogen-bond acceptors (Lipinski definition) is 6. The van der Waals surface area contributed by atoms with E-state index < -0.39 is 11.8 Å². The van der Waals surface area contributed by atoms with Gasteiger partial charge in [-0.25, -0.2) is 0 Å². The number of carbonyl (C=O) groups is 2. The van der Waals surface area contributed by atoms with Crippen molar-refractivity contribution >= 4 is 46.8 Å². The van der Waals surface area contributed by atoms with Gasteiger partial charge < -0.3 is 14.1 Å². The second-order valence-corrected chi connectivity index (χ2v) is 6.96. The minimum absolute atomic E-state index is 0.0296. The first-order chi connectivity index (χ1) is 13.5. The zero-order valence-electron chi connectivity index (χ0n) is 15.3. The number of furan rings is 1. The standard InChI is InChI=1S/C20H19N3O4S/c1-13-3-2-4-14(11-13)23-19(25)16(18(24)21-20(23)28)12-15-5-6-17(27-15)22-7-9-26-10-8-22/h2-6,11-12H,7-10H2,1H3,(H,21,24,28)/b16-12-. The van der Waals surface area contributed by atoms with Gasteiger partial charge in [0.1, 0.15) is 11.3 Å². The summed E-state index contributed by atoms with van der Waals surface area (Å²) in [6.45, 7) is 4.67. The second-order valence-electron chi connectivity index (χ2n) is 6.57. The Balaban J connectivity index is 1.63. The normalized spacial score (nSPS) is 19.3. The molecule has 2 aliphatic rings. The zero-order chi connectivity index (χ0) is 19.7. The molecule has 8 heteroatoms. The number of hydrogen-bond donors (Lipinski definition) is 1. The lowest BCUT2D eigenvalue weighted by Gasteiger charge is -2.29. The highest BCUT2D eigenvalue weighted by Crippen LogP contribution is 2.25. The number of thiocarbonyl (C=S) groups is 1. The van der Waals surface area contributed by atoms with Gasteiger partial charge in [-0.05, 0) is 49.0 Å². The first-order valence-electron chi connectivity index (χ1n) is 8.93. The lowest BCUT2D eigenvalue weighted by Crippen LogP contribution is -2.54. The van der Waals surface area contributed by atoms with Crippen molar-refractivity contribution in [3.8, 4) is 0 Å². The van der Waals surface area contributed by atoms with Gasteiger partial charge in [-0.15, -0.1) is 0 Å². The van der Waals surface area contributed by atoms with Crippen LogP contribution in [0.15, 0.2) is 46.4 Å². The Morgan fingerprint density at radius 2 is 1.93 bits per heavy atom. The Hall–Kier alpha value is -2.97. The highest BCUT2D eigenvalue weighted by Gasteiger charge is 2.34. The van der Waals surface area contributed by atoms with E-state index in [1.807, 2.05) is 31.2 Å². The summed E-state index contributed by atoms with van der Waals surface area (Å²) in [5.41, 5.74) is 1.56. The molecule has 0 atom stereocenters. The summed E-state index contributed by atoms with van der Waals surface area (Å²) in [6, 6.07) is 10.9. The second kappa shape index (κ2) is 7.57. The first kappa shape index (κ1) is 18.4. The van der Waals surface area contributed by atoms with Gasteiger partial charge in [0.25, 0.3) is 11.8 Å². The first-order valence-corrected chi connectivity index (χ1v) is 9.34. The molecule has 2 aliphatic heterocycles. The van der Waals surface area contributed by atoms with E-state index >= 15 is 0 Å². The SMILES string of the molecule is Cc1cccc(N2C(=O)/C(=C\c3ccc(N4CCOCC4)o3)C(=O)NC2=S)c1. The molecule has 2 fully saturated rings. The fraction of sp³-hybridized carbons (Fsp3) is 0.250. The predicted molar refractivity (Wildman–Crippen MR) is 109 cm³/mol. The molecule has 2 aromatic rings. The molecule has 0 spiro atoms. The Labute approximate surface area is 167 Å². The molecular formula is C20H19N3O4S. The Morgan fingerprint density at radius 1 is 1.14 bits per heavy atom. The lowest BCUT2D eigenvalue weighted by molar-refractivity contribution is -0.122. The Morgan fingerprint density at radius 3 is 2.68 bits per heavy atom. The van der Waals surface area contributed by atoms with E-state index in [4.69, 9.17) is 21.4 Å². The van der Waals surface area contributed by atoms with Crippen LogP contribution in [0.2, 0.25) is 0 Å². The molecule has 0 bridgehead atoms. The van der Waals surface area contributed by atoms with E-state index in [0.29, 0.717) is 30.5 Å². The maximum Gasteiger partial charge on any atom is 0.270 e. The maximum atomic E-state index is 13.0. The molecule has 1 N–H and O–H groups in total. The summed E-state index contributed by atoms with van der Waals surface area (Å²) in [4.78, 5) is 28.8. The van der Waals surface area contributed by atoms with Crippen molar-refractivity contribution in [2.75, 3.05) is 36.1 Å². The van der Waals surface area contributed by atoms with Crippen molar-refractivity contribution in [2.24, 2.45) is 0 Å². The fourth-order valence-corrected chi connectivity index (χ4v) is 3.46. The van der Waals surface area contributed by atoms with Crippen LogP contribution in [0.25, 0.3) is 6.08 Å². The number of ether oxygens (including phenoxy) is 1. The molecule has 2 saturated heterocycles. The number of anilines is 2. The smallest absolute Gasteiger partial charge is 0.270 e. The van der Waals surface area contributed by atoms with Gasteiger partial charge in [-0.3, -0.25) is 19.8 Å². The molecule has 3 heterocycles. The third kappa shape index (κ3) is 3.56. The summed E-state index contributed by atoms with van der Waals surface area (Å²) in [7, 11) is 0. The summed E-state index contributed by atoms with van der Waals surface area (Å²) in [5.74, 6) is 0.0915. The van der Waals surface area contributed by atoms with Gasteiger partial charge >= 0.3 is 0 Å². The zero-order valence-corrected chi connectivity index (χ0v) is 16.1. The highest BCUT2D eigenvalue weighted by atomic mass is 32.1. The van der Waals surface area contributed by atoms with Gasteiger partial charge in [0.15, 0.2) is 11.0 Å². The van der Waals surface area contributed by atoms with Crippen LogP contribution in [0.5, 0.6) is 0 Å². The number of rotatable bonds is 3. The molecule has 28 heavy (non-hydrogen) atoms. The van der Waals surface area contributed by atoms with Gasteiger partial charge in [0.2, 0.25) is 0 Å². The number of benzene rings is 1. The molecule has 0 saturated carbocycles. The lowest BCUT2D eigenvalue weighted by atomic mass is 10.1. The summed E-state index contributed by atoms with van der Waals surface area (Å²) in [5, 5.41) is 2.64. The van der Waals surface area contributed by atoms with Crippen molar-refractivity contribution in [1.82, 2.24) is 5.32 Å². The van der Waals surface area contributed by atoms with Crippen molar-refractivity contribution in [2.45, 2.75) is 6.92 Å². The van der Waals surface area contributed by atoms with Crippen LogP contribution in [0.4, 0.5) is 11.6 Å². The van der Waals surface area contributed by atoms with Crippen LogP contribution >= 0.6 is 12.2 Å². The van der Waals surface area contributed by atoms with Gasteiger partial charge in [0, 0.05) is 19.2 Å². The summed E-state index contributed by atoms with van der Waals surface area (Å²) >= 11 is 5.22. The van der Waals surface area contributed by atoms with Crippen molar-refractivity contribution in [3.63, 3.8) is 0 Å². The van der Waals surface area contributed by atoms with Crippen molar-refractivity contribution in [1.29, 1.82) is 0 Å². The molecule has 0 radical (unpaired) electrons. The number of amides is 2. The van der Waals surface area contributed by atoms with Crippen LogP contribution in [-0.4, -0.2) is 43.2 Å². The van der Waals surface area contributed by atoms with Crippen molar-refractivity contribution in [3.05, 3.63) is 53.3 Å². The third-order valence-electron chi connectivity index (χ3n) is 4.58. The van der Waals surface area contributed by atoms with E-state index in [1.165, 1.54) is 11.0 Å². The molecular weight excluding hydrogens is 378 g/mol. The third-order valence-corrected chi connectivity index (χ3v) is 4.87. The van der Waals surface area contributed by atoms with Crippen molar-refractivity contribution < 1.29 is 18.7 Å². The van der Waals surface area contributed by atoms with Gasteiger partial charge in [-0.2, -0.15) is 0 Å². The molecule has 144 valence electrons. The average Bonchev–Trinajstić information content (AvgIpc) is 3.14.